The van der Waals surface area contributed by atoms with Crippen molar-refractivity contribution in [1.29, 1.82) is 0 Å². The van der Waals surface area contributed by atoms with Crippen LogP contribution in [-0.4, -0.2) is 23.0 Å². The standard InChI is InChI=1S/C21H18Cl2N2O4S/c1-12-6-8-14(9-7-12)28-10-18-24-17(11-30-18)21(27)29-13(2)20(26)25-16-5-3-4-15(22)19(16)23/h3-9,11,13H,10H2,1-2H3,(H,25,26). The molecule has 0 aliphatic carbocycles. The SMILES string of the molecule is Cc1ccc(OCc2nc(C(=O)OC(C)C(=O)Nc3cccc(Cl)c3Cl)cs2)cc1. The number of carbonyl (C=O) groups is 2. The predicted molar refractivity (Wildman–Crippen MR) is 118 cm³/mol. The number of nitrogens with one attached hydrogen (secondary N) is 1. The van der Waals surface area contributed by atoms with E-state index in [1.54, 1.807) is 23.6 Å². The molecule has 0 radical (unpaired) electrons. The Kier molecular flexibility index (Phi) is 7.31. The van der Waals surface area contributed by atoms with Gasteiger partial charge in [-0.05, 0) is 38.1 Å². The molecule has 1 heterocycles. The highest BCUT2D eigenvalue weighted by molar-refractivity contribution is 7.09. The number of aromatic nitrogens is 1. The van der Waals surface area contributed by atoms with Crippen LogP contribution in [0.4, 0.5) is 5.69 Å². The van der Waals surface area contributed by atoms with Crippen LogP contribution in [0.3, 0.4) is 0 Å². The Hall–Kier alpha value is -2.61. The van der Waals surface area contributed by atoms with Gasteiger partial charge in [-0.1, -0.05) is 47.0 Å². The monoisotopic (exact) mass is 464 g/mol. The summed E-state index contributed by atoms with van der Waals surface area (Å²) in [5.74, 6) is -0.525. The lowest BCUT2D eigenvalue weighted by atomic mass is 10.2. The van der Waals surface area contributed by atoms with Crippen molar-refractivity contribution in [1.82, 2.24) is 4.98 Å². The third-order valence-corrected chi connectivity index (χ3v) is 5.65. The van der Waals surface area contributed by atoms with Crippen LogP contribution >= 0.6 is 34.5 Å². The number of halogens is 2. The molecule has 6 nitrogen and oxygen atoms in total. The minimum absolute atomic E-state index is 0.114. The first-order valence-corrected chi connectivity index (χ1v) is 10.6. The van der Waals surface area contributed by atoms with Gasteiger partial charge in [0.1, 0.15) is 17.4 Å². The van der Waals surface area contributed by atoms with Crippen LogP contribution in [-0.2, 0) is 16.1 Å². The maximum atomic E-state index is 12.3. The normalized spacial score (nSPS) is 11.6. The number of carbonyl (C=O) groups excluding carboxylic acids is 2. The minimum atomic E-state index is -1.05. The molecule has 9 heteroatoms. The molecule has 0 spiro atoms. The Labute approximate surface area is 187 Å². The molecule has 1 atom stereocenters. The lowest BCUT2D eigenvalue weighted by Gasteiger charge is -2.14. The average molecular weight is 465 g/mol. The zero-order valence-corrected chi connectivity index (χ0v) is 18.5. The van der Waals surface area contributed by atoms with Crippen molar-refractivity contribution < 1.29 is 19.1 Å². The molecule has 1 amide bonds. The van der Waals surface area contributed by atoms with Crippen LogP contribution in [0.25, 0.3) is 0 Å². The van der Waals surface area contributed by atoms with Gasteiger partial charge >= 0.3 is 5.97 Å². The molecular weight excluding hydrogens is 447 g/mol. The molecule has 0 saturated carbocycles. The lowest BCUT2D eigenvalue weighted by molar-refractivity contribution is -0.123. The van der Waals surface area contributed by atoms with Crippen LogP contribution in [0.2, 0.25) is 10.0 Å². The zero-order chi connectivity index (χ0) is 21.7. The Morgan fingerprint density at radius 2 is 1.90 bits per heavy atom. The Balaban J connectivity index is 1.54. The molecule has 1 aromatic heterocycles. The number of anilines is 1. The number of aryl methyl sites for hydroxylation is 1. The molecule has 2 aromatic carbocycles. The second-order valence-electron chi connectivity index (χ2n) is 6.37. The lowest BCUT2D eigenvalue weighted by Crippen LogP contribution is -2.30. The second-order valence-corrected chi connectivity index (χ2v) is 8.09. The Bertz CT molecular complexity index is 1050. The van der Waals surface area contributed by atoms with Crippen LogP contribution < -0.4 is 10.1 Å². The molecule has 0 aliphatic heterocycles. The average Bonchev–Trinajstić information content (AvgIpc) is 3.20. The molecule has 30 heavy (non-hydrogen) atoms. The van der Waals surface area contributed by atoms with Crippen molar-refractivity contribution >= 4 is 52.1 Å². The van der Waals surface area contributed by atoms with Gasteiger partial charge < -0.3 is 14.8 Å². The van der Waals surface area contributed by atoms with E-state index in [4.69, 9.17) is 32.7 Å². The maximum Gasteiger partial charge on any atom is 0.358 e. The molecule has 3 aromatic rings. The molecule has 0 saturated heterocycles. The molecule has 1 N–H and O–H groups in total. The third-order valence-electron chi connectivity index (χ3n) is 4.01. The van der Waals surface area contributed by atoms with Crippen molar-refractivity contribution in [2.75, 3.05) is 5.32 Å². The van der Waals surface area contributed by atoms with E-state index < -0.39 is 18.0 Å². The zero-order valence-electron chi connectivity index (χ0n) is 16.1. The van der Waals surface area contributed by atoms with Crippen molar-refractivity contribution in [2.45, 2.75) is 26.6 Å². The summed E-state index contributed by atoms with van der Waals surface area (Å²) in [5, 5.41) is 5.28. The first-order chi connectivity index (χ1) is 14.3. The Morgan fingerprint density at radius 1 is 1.17 bits per heavy atom. The van der Waals surface area contributed by atoms with Crippen LogP contribution in [0.1, 0.15) is 28.0 Å². The van der Waals surface area contributed by atoms with Crippen molar-refractivity contribution in [2.24, 2.45) is 0 Å². The molecule has 1 unspecified atom stereocenters. The summed E-state index contributed by atoms with van der Waals surface area (Å²) in [4.78, 5) is 28.8. The first kappa shape index (κ1) is 22.1. The predicted octanol–water partition coefficient (Wildman–Crippen LogP) is 5.52. The van der Waals surface area contributed by atoms with E-state index in [1.807, 2.05) is 31.2 Å². The van der Waals surface area contributed by atoms with E-state index in [9.17, 15) is 9.59 Å². The van der Waals surface area contributed by atoms with Gasteiger partial charge in [-0.3, -0.25) is 4.79 Å². The van der Waals surface area contributed by atoms with E-state index >= 15 is 0 Å². The van der Waals surface area contributed by atoms with Gasteiger partial charge in [0.2, 0.25) is 0 Å². The van der Waals surface area contributed by atoms with E-state index in [0.717, 1.165) is 5.56 Å². The molecule has 0 bridgehead atoms. The molecule has 0 fully saturated rings. The fraction of sp³-hybridized carbons (Fsp3) is 0.190. The fourth-order valence-electron chi connectivity index (χ4n) is 2.36. The van der Waals surface area contributed by atoms with Crippen LogP contribution in [0.5, 0.6) is 5.75 Å². The van der Waals surface area contributed by atoms with E-state index in [2.05, 4.69) is 10.3 Å². The molecular formula is C21H18Cl2N2O4S. The number of hydrogen-bond donors (Lipinski definition) is 1. The maximum absolute atomic E-state index is 12.3. The van der Waals surface area contributed by atoms with E-state index in [-0.39, 0.29) is 17.3 Å². The number of ether oxygens (including phenoxy) is 2. The molecule has 3 rings (SSSR count). The van der Waals surface area contributed by atoms with Gasteiger partial charge in [0.25, 0.3) is 5.91 Å². The van der Waals surface area contributed by atoms with Gasteiger partial charge in [0.05, 0.1) is 15.7 Å². The highest BCUT2D eigenvalue weighted by Crippen LogP contribution is 2.29. The number of thiazole rings is 1. The van der Waals surface area contributed by atoms with E-state index in [0.29, 0.717) is 21.5 Å². The summed E-state index contributed by atoms with van der Waals surface area (Å²) in [6.45, 7) is 3.68. The van der Waals surface area contributed by atoms with Crippen molar-refractivity contribution in [3.8, 4) is 5.75 Å². The Morgan fingerprint density at radius 3 is 2.63 bits per heavy atom. The van der Waals surface area contributed by atoms with E-state index in [1.165, 1.54) is 18.3 Å². The van der Waals surface area contributed by atoms with Crippen molar-refractivity contribution in [3.63, 3.8) is 0 Å². The summed E-state index contributed by atoms with van der Waals surface area (Å²) in [5.41, 5.74) is 1.58. The number of esters is 1. The summed E-state index contributed by atoms with van der Waals surface area (Å²) in [6, 6.07) is 12.5. The molecule has 0 aliphatic rings. The fourth-order valence-corrected chi connectivity index (χ4v) is 3.38. The van der Waals surface area contributed by atoms with Crippen molar-refractivity contribution in [3.05, 3.63) is 74.2 Å². The van der Waals surface area contributed by atoms with Gasteiger partial charge in [-0.25, -0.2) is 9.78 Å². The minimum Gasteiger partial charge on any atom is -0.486 e. The number of amides is 1. The summed E-state index contributed by atoms with van der Waals surface area (Å²) in [6.07, 6.45) is -1.05. The highest BCUT2D eigenvalue weighted by atomic mass is 35.5. The smallest absolute Gasteiger partial charge is 0.358 e. The van der Waals surface area contributed by atoms with Gasteiger partial charge in [0, 0.05) is 5.38 Å². The summed E-state index contributed by atoms with van der Waals surface area (Å²) in [7, 11) is 0. The number of hydrogen-bond acceptors (Lipinski definition) is 6. The highest BCUT2D eigenvalue weighted by Gasteiger charge is 2.22. The van der Waals surface area contributed by atoms with Crippen LogP contribution in [0.15, 0.2) is 47.8 Å². The third kappa shape index (κ3) is 5.72. The largest absolute Gasteiger partial charge is 0.486 e. The molecule has 156 valence electrons. The number of rotatable bonds is 7. The first-order valence-electron chi connectivity index (χ1n) is 8.93. The topological polar surface area (TPSA) is 77.5 Å². The summed E-state index contributed by atoms with van der Waals surface area (Å²) >= 11 is 13.3. The second kappa shape index (κ2) is 9.93. The van der Waals surface area contributed by atoms with Gasteiger partial charge in [-0.15, -0.1) is 11.3 Å². The quantitative estimate of drug-likeness (QED) is 0.465. The van der Waals surface area contributed by atoms with Crippen LogP contribution in [0, 0.1) is 6.92 Å². The van der Waals surface area contributed by atoms with Gasteiger partial charge in [0.15, 0.2) is 11.8 Å². The number of benzene rings is 2. The summed E-state index contributed by atoms with van der Waals surface area (Å²) < 4.78 is 10.9. The van der Waals surface area contributed by atoms with Gasteiger partial charge in [-0.2, -0.15) is 0 Å². The number of nitrogens with zero attached hydrogens (tertiary/aromatic N) is 1.